The van der Waals surface area contributed by atoms with Crippen LogP contribution in [0.15, 0.2) is 22.7 Å². The van der Waals surface area contributed by atoms with Gasteiger partial charge in [-0.1, -0.05) is 36.5 Å². The quantitative estimate of drug-likeness (QED) is 0.582. The van der Waals surface area contributed by atoms with Gasteiger partial charge in [-0.15, -0.1) is 0 Å². The third-order valence-corrected chi connectivity index (χ3v) is 2.20. The summed E-state index contributed by atoms with van der Waals surface area (Å²) >= 11 is 3.05. The van der Waals surface area contributed by atoms with Gasteiger partial charge < -0.3 is 9.47 Å². The molecule has 0 amide bonds. The molecule has 1 aromatic carbocycles. The van der Waals surface area contributed by atoms with Crippen LogP contribution in [0.5, 0.6) is 5.75 Å². The molecule has 0 aliphatic carbocycles. The molecule has 0 spiro atoms. The zero-order valence-electron chi connectivity index (χ0n) is 17.3. The Morgan fingerprint density at radius 2 is 2.12 bits per heavy atom. The number of halogens is 1. The molecular weight excluding hydrogens is 272 g/mol. The third kappa shape index (κ3) is 3.23. The summed E-state index contributed by atoms with van der Waals surface area (Å²) in [6.45, 7) is -10.4. The van der Waals surface area contributed by atoms with Gasteiger partial charge in [0, 0.05) is 22.4 Å². The number of rotatable bonds is 1. The fourth-order valence-electron chi connectivity index (χ4n) is 1.02. The molecule has 16 heavy (non-hydrogen) atoms. The number of hydrogen-bond donors (Lipinski definition) is 0. The largest absolute Gasteiger partial charge is 0.513 e. The highest BCUT2D eigenvalue weighted by atomic mass is 79.9. The van der Waals surface area contributed by atoms with Gasteiger partial charge in [0.15, 0.2) is 0 Å². The summed E-state index contributed by atoms with van der Waals surface area (Å²) < 4.78 is 78.7. The first kappa shape index (κ1) is 5.08. The normalized spacial score (nSPS) is 21.8. The zero-order chi connectivity index (χ0) is 19.8. The smallest absolute Gasteiger partial charge is 0.437 e. The molecule has 1 rings (SSSR count). The van der Waals surface area contributed by atoms with Gasteiger partial charge in [-0.2, -0.15) is 0 Å². The lowest BCUT2D eigenvalue weighted by atomic mass is 9.86. The number of carbonyl (C=O) groups is 1. The molecule has 0 saturated carbocycles. The molecule has 0 heterocycles. The Labute approximate surface area is 117 Å². The summed E-state index contributed by atoms with van der Waals surface area (Å²) in [5, 5.41) is 0. The van der Waals surface area contributed by atoms with Crippen LogP contribution in [0.1, 0.15) is 38.5 Å². The fraction of sp³-hybridized carbons (Fsp3) is 0.417. The minimum atomic E-state index is -3.47. The maximum Gasteiger partial charge on any atom is 0.513 e. The van der Waals surface area contributed by atoms with Gasteiger partial charge in [0.1, 0.15) is 5.75 Å². The summed E-state index contributed by atoms with van der Waals surface area (Å²) in [5.74, 6) is -0.529. The predicted octanol–water partition coefficient (Wildman–Crippen LogP) is 3.89. The van der Waals surface area contributed by atoms with E-state index in [0.29, 0.717) is 0 Å². The molecule has 88 valence electrons. The molecule has 1 aromatic rings. The first-order valence-corrected chi connectivity index (χ1v) is 4.94. The highest BCUT2D eigenvalue weighted by molar-refractivity contribution is 9.10. The van der Waals surface area contributed by atoms with Crippen molar-refractivity contribution in [2.24, 2.45) is 0 Å². The van der Waals surface area contributed by atoms with Crippen molar-refractivity contribution in [1.82, 2.24) is 0 Å². The number of benzene rings is 1. The van der Waals surface area contributed by atoms with Gasteiger partial charge in [0.25, 0.3) is 0 Å². The van der Waals surface area contributed by atoms with E-state index >= 15 is 0 Å². The van der Waals surface area contributed by atoms with Crippen molar-refractivity contribution in [3.63, 3.8) is 0 Å². The topological polar surface area (TPSA) is 35.5 Å². The number of carbonyl (C=O) groups excluding carboxylic acids is 1. The Kier molecular flexibility index (Phi) is 1.55. The molecule has 0 aliphatic heterocycles. The maximum absolute atomic E-state index is 11.4. The van der Waals surface area contributed by atoms with Crippen molar-refractivity contribution in [2.75, 3.05) is 7.11 Å². The first-order valence-electron chi connectivity index (χ1n) is 8.65. The monoisotopic (exact) mass is 295 g/mol. The van der Waals surface area contributed by atoms with E-state index < -0.39 is 43.4 Å². The van der Waals surface area contributed by atoms with Crippen LogP contribution in [-0.4, -0.2) is 13.3 Å². The summed E-state index contributed by atoms with van der Waals surface area (Å²) in [6, 6.07) is 3.43. The fourth-order valence-corrected chi connectivity index (χ4v) is 1.38. The highest BCUT2D eigenvalue weighted by Crippen LogP contribution is 2.33. The second-order valence-electron chi connectivity index (χ2n) is 2.95. The van der Waals surface area contributed by atoms with Gasteiger partial charge in [-0.3, -0.25) is 0 Å². The predicted molar refractivity (Wildman–Crippen MR) is 65.9 cm³/mol. The van der Waals surface area contributed by atoms with Crippen molar-refractivity contribution in [3.8, 4) is 5.75 Å². The van der Waals surface area contributed by atoms with Crippen LogP contribution in [0.4, 0.5) is 4.79 Å². The van der Waals surface area contributed by atoms with Crippen LogP contribution in [-0.2, 0) is 10.2 Å². The van der Waals surface area contributed by atoms with E-state index in [1.165, 1.54) is 6.07 Å². The molecule has 3 nitrogen and oxygen atoms in total. The molecule has 0 fully saturated rings. The molecule has 0 aliphatic rings. The maximum atomic E-state index is 11.4. The Morgan fingerprint density at radius 3 is 2.69 bits per heavy atom. The van der Waals surface area contributed by atoms with Crippen LogP contribution in [0, 0.1) is 0 Å². The lowest BCUT2D eigenvalue weighted by Crippen LogP contribution is -2.16. The van der Waals surface area contributed by atoms with Crippen molar-refractivity contribution in [3.05, 3.63) is 28.2 Å². The van der Waals surface area contributed by atoms with Gasteiger partial charge in [0.2, 0.25) is 0 Å². The summed E-state index contributed by atoms with van der Waals surface area (Å²) in [6.07, 6.45) is -1.25. The third-order valence-electron chi connectivity index (χ3n) is 1.71. The summed E-state index contributed by atoms with van der Waals surface area (Å²) in [7, 11) is 0.991. The number of ether oxygens (including phenoxy) is 2. The molecule has 0 atom stereocenters. The SMILES string of the molecule is [2H]C([2H])([2H])C(c1cc(Br)ccc1OC(=O)OC)(C([2H])([2H])[2H])C([2H])([2H])[2H]. The van der Waals surface area contributed by atoms with Gasteiger partial charge in [0.05, 0.1) is 7.11 Å². The van der Waals surface area contributed by atoms with Crippen molar-refractivity contribution in [2.45, 2.75) is 26.0 Å². The minimum Gasteiger partial charge on any atom is -0.437 e. The van der Waals surface area contributed by atoms with E-state index in [-0.39, 0.29) is 4.47 Å². The second kappa shape index (κ2) is 4.87. The molecule has 0 bridgehead atoms. The van der Waals surface area contributed by atoms with E-state index in [0.717, 1.165) is 19.2 Å². The molecule has 4 heteroatoms. The first-order chi connectivity index (χ1) is 11.1. The molecule has 0 unspecified atom stereocenters. The van der Waals surface area contributed by atoms with Gasteiger partial charge in [-0.05, 0) is 23.6 Å². The minimum absolute atomic E-state index is 0.210. The van der Waals surface area contributed by atoms with E-state index in [9.17, 15) is 4.79 Å². The molecular formula is C12H15BrO3. The lowest BCUT2D eigenvalue weighted by molar-refractivity contribution is 0.120. The Hall–Kier alpha value is -1.03. The molecule has 0 radical (unpaired) electrons. The van der Waals surface area contributed by atoms with E-state index in [2.05, 4.69) is 20.7 Å². The lowest BCUT2D eigenvalue weighted by Gasteiger charge is -2.22. The Morgan fingerprint density at radius 1 is 1.44 bits per heavy atom. The zero-order valence-corrected chi connectivity index (χ0v) is 9.92. The molecule has 0 saturated heterocycles. The number of methoxy groups -OCH3 is 1. The molecule has 0 N–H and O–H groups in total. The Balaban J connectivity index is 3.96. The van der Waals surface area contributed by atoms with Gasteiger partial charge in [-0.25, -0.2) is 4.79 Å². The van der Waals surface area contributed by atoms with Crippen molar-refractivity contribution < 1.29 is 26.6 Å². The average molecular weight is 296 g/mol. The van der Waals surface area contributed by atoms with Crippen LogP contribution in [0.2, 0.25) is 0 Å². The van der Waals surface area contributed by atoms with E-state index in [1.54, 1.807) is 0 Å². The summed E-state index contributed by atoms with van der Waals surface area (Å²) in [5.41, 5.74) is -3.97. The van der Waals surface area contributed by atoms with E-state index in [4.69, 9.17) is 17.1 Å². The molecule has 0 aromatic heterocycles. The van der Waals surface area contributed by atoms with Crippen LogP contribution >= 0.6 is 15.9 Å². The average Bonchev–Trinajstić information content (AvgIpc) is 2.37. The van der Waals surface area contributed by atoms with Crippen LogP contribution in [0.3, 0.4) is 0 Å². The van der Waals surface area contributed by atoms with E-state index in [1.807, 2.05) is 0 Å². The second-order valence-corrected chi connectivity index (χ2v) is 3.86. The van der Waals surface area contributed by atoms with Crippen LogP contribution in [0.25, 0.3) is 0 Å². The van der Waals surface area contributed by atoms with Gasteiger partial charge >= 0.3 is 6.16 Å². The van der Waals surface area contributed by atoms with Crippen molar-refractivity contribution in [1.29, 1.82) is 0 Å². The van der Waals surface area contributed by atoms with Crippen LogP contribution < -0.4 is 4.74 Å². The number of hydrogen-bond acceptors (Lipinski definition) is 3. The van der Waals surface area contributed by atoms with Crippen molar-refractivity contribution >= 4 is 22.1 Å². The summed E-state index contributed by atoms with van der Waals surface area (Å²) in [4.78, 5) is 11.4. The standard InChI is InChI=1S/C12H15BrO3/c1-12(2,3)9-7-8(13)5-6-10(9)16-11(14)15-4/h5-7H,1-4H3/i1D3,2D3,3D3. The Bertz CT molecular complexity index is 613. The highest BCUT2D eigenvalue weighted by Gasteiger charge is 2.21.